The Balaban J connectivity index is 1.69. The zero-order chi connectivity index (χ0) is 25.5. The Morgan fingerprint density at radius 1 is 1.03 bits per heavy atom. The number of imidazole rings is 2. The molecule has 1 aliphatic rings. The van der Waals surface area contributed by atoms with Crippen LogP contribution < -0.4 is 5.69 Å². The second-order valence-electron chi connectivity index (χ2n) is 10.9. The fourth-order valence-corrected chi connectivity index (χ4v) is 5.72. The summed E-state index contributed by atoms with van der Waals surface area (Å²) in [6.07, 6.45) is 6.72. The van der Waals surface area contributed by atoms with Gasteiger partial charge in [0.15, 0.2) is 0 Å². The van der Waals surface area contributed by atoms with Crippen LogP contribution in [0.5, 0.6) is 0 Å². The largest absolute Gasteiger partial charge is 0.328 e. The van der Waals surface area contributed by atoms with Crippen molar-refractivity contribution in [2.45, 2.75) is 51.4 Å². The van der Waals surface area contributed by atoms with E-state index in [1.807, 2.05) is 32.4 Å². The summed E-state index contributed by atoms with van der Waals surface area (Å²) in [4.78, 5) is 17.9. The summed E-state index contributed by atoms with van der Waals surface area (Å²) in [5, 5.41) is 4.21. The predicted octanol–water partition coefficient (Wildman–Crippen LogP) is 5.32. The van der Waals surface area contributed by atoms with E-state index in [1.54, 1.807) is 33.1 Å². The average Bonchev–Trinajstić information content (AvgIpc) is 3.48. The van der Waals surface area contributed by atoms with Gasteiger partial charge >= 0.3 is 5.69 Å². The van der Waals surface area contributed by atoms with Crippen molar-refractivity contribution >= 4 is 22.1 Å². The molecule has 0 saturated heterocycles. The highest BCUT2D eigenvalue weighted by atomic mass is 19.1. The van der Waals surface area contributed by atoms with Crippen LogP contribution in [0.3, 0.4) is 0 Å². The van der Waals surface area contributed by atoms with Crippen LogP contribution in [-0.4, -0.2) is 28.5 Å². The summed E-state index contributed by atoms with van der Waals surface area (Å²) in [5.74, 6) is 0.840. The summed E-state index contributed by atoms with van der Waals surface area (Å²) >= 11 is 0. The summed E-state index contributed by atoms with van der Waals surface area (Å²) in [6.45, 7) is 6.51. The lowest BCUT2D eigenvalue weighted by Gasteiger charge is -2.38. The van der Waals surface area contributed by atoms with Crippen LogP contribution in [-0.2, 0) is 26.6 Å². The van der Waals surface area contributed by atoms with Gasteiger partial charge in [0.05, 0.1) is 28.3 Å². The van der Waals surface area contributed by atoms with Crippen molar-refractivity contribution in [3.8, 4) is 16.8 Å². The fourth-order valence-electron chi connectivity index (χ4n) is 5.72. The number of hydrogen-bond donors (Lipinski definition) is 0. The van der Waals surface area contributed by atoms with Gasteiger partial charge < -0.3 is 0 Å². The molecule has 7 nitrogen and oxygen atoms in total. The number of nitrogens with zero attached hydrogens (tertiary/aromatic N) is 6. The number of hydrogen-bond acceptors (Lipinski definition) is 3. The highest BCUT2D eigenvalue weighted by Gasteiger charge is 2.39. The van der Waals surface area contributed by atoms with Gasteiger partial charge in [-0.05, 0) is 42.5 Å². The van der Waals surface area contributed by atoms with E-state index in [0.717, 1.165) is 64.0 Å². The molecule has 3 aromatic heterocycles. The normalized spacial score (nSPS) is 15.3. The van der Waals surface area contributed by atoms with E-state index in [1.165, 1.54) is 0 Å². The minimum atomic E-state index is -0.306. The molecule has 186 valence electrons. The van der Waals surface area contributed by atoms with Gasteiger partial charge in [0.25, 0.3) is 0 Å². The van der Waals surface area contributed by atoms with Crippen LogP contribution >= 0.6 is 0 Å². The monoisotopic (exact) mass is 486 g/mol. The van der Waals surface area contributed by atoms with Gasteiger partial charge in [-0.25, -0.2) is 14.2 Å². The molecular weight excluding hydrogens is 455 g/mol. The summed E-state index contributed by atoms with van der Waals surface area (Å²) in [5.41, 5.74) is 6.37. The van der Waals surface area contributed by atoms with Crippen LogP contribution in [0.4, 0.5) is 4.39 Å². The molecule has 1 saturated carbocycles. The first-order chi connectivity index (χ1) is 17.1. The average molecular weight is 487 g/mol. The zero-order valence-corrected chi connectivity index (χ0v) is 21.6. The minimum Gasteiger partial charge on any atom is -0.296 e. The maximum absolute atomic E-state index is 15.6. The van der Waals surface area contributed by atoms with E-state index in [0.29, 0.717) is 5.56 Å². The molecule has 2 aromatic carbocycles. The highest BCUT2D eigenvalue weighted by molar-refractivity contribution is 5.87. The number of benzene rings is 2. The van der Waals surface area contributed by atoms with E-state index in [-0.39, 0.29) is 22.8 Å². The van der Waals surface area contributed by atoms with Crippen LogP contribution in [0.25, 0.3) is 38.9 Å². The van der Waals surface area contributed by atoms with Gasteiger partial charge in [-0.3, -0.25) is 18.4 Å². The molecule has 3 heterocycles. The van der Waals surface area contributed by atoms with Crippen molar-refractivity contribution in [3.63, 3.8) is 0 Å². The molecule has 1 fully saturated rings. The molecule has 5 aromatic rings. The van der Waals surface area contributed by atoms with Gasteiger partial charge in [0.1, 0.15) is 11.6 Å². The first-order valence-corrected chi connectivity index (χ1v) is 12.5. The van der Waals surface area contributed by atoms with Gasteiger partial charge in [-0.2, -0.15) is 5.10 Å². The molecule has 0 atom stereocenters. The summed E-state index contributed by atoms with van der Waals surface area (Å²) < 4.78 is 22.8. The third-order valence-electron chi connectivity index (χ3n) is 8.01. The standard InChI is InChI=1S/C28H31FN6O/c1-16(2)19-10-18(11-24-25(19)34(6)27(36)33(24)5)35-23-13-21(29)20(17-14-30-32(4)15-17)12-22(23)31-26(35)28(3)8-7-9-28/h10-16H,7-9H2,1-6H3. The van der Waals surface area contributed by atoms with Crippen LogP contribution in [0.2, 0.25) is 0 Å². The lowest BCUT2D eigenvalue weighted by Crippen LogP contribution is -2.33. The van der Waals surface area contributed by atoms with Crippen molar-refractivity contribution in [1.29, 1.82) is 0 Å². The Bertz CT molecular complexity index is 1730. The van der Waals surface area contributed by atoms with Gasteiger partial charge in [-0.15, -0.1) is 0 Å². The van der Waals surface area contributed by atoms with E-state index in [4.69, 9.17) is 4.98 Å². The van der Waals surface area contributed by atoms with Crippen molar-refractivity contribution in [3.05, 3.63) is 64.3 Å². The van der Waals surface area contributed by atoms with Gasteiger partial charge in [0.2, 0.25) is 0 Å². The van der Waals surface area contributed by atoms with Crippen molar-refractivity contribution < 1.29 is 4.39 Å². The molecule has 0 spiro atoms. The molecule has 0 amide bonds. The Morgan fingerprint density at radius 2 is 1.78 bits per heavy atom. The van der Waals surface area contributed by atoms with E-state index < -0.39 is 0 Å². The molecule has 0 aliphatic heterocycles. The molecule has 0 unspecified atom stereocenters. The van der Waals surface area contributed by atoms with Crippen LogP contribution in [0.15, 0.2) is 41.5 Å². The second kappa shape index (κ2) is 7.66. The molecule has 1 aliphatic carbocycles. The number of fused-ring (bicyclic) bond motifs is 2. The second-order valence-corrected chi connectivity index (χ2v) is 10.9. The Morgan fingerprint density at radius 3 is 2.39 bits per heavy atom. The number of aromatic nitrogens is 6. The SMILES string of the molecule is CC(C)c1cc(-n2c(C3(C)CCC3)nc3cc(-c4cnn(C)c4)c(F)cc32)cc2c1n(C)c(=O)n2C. The first-order valence-electron chi connectivity index (χ1n) is 12.5. The molecular formula is C28H31FN6O. The Labute approximate surface area is 208 Å². The predicted molar refractivity (Wildman–Crippen MR) is 140 cm³/mol. The Hall–Kier alpha value is -3.68. The lowest BCUT2D eigenvalue weighted by molar-refractivity contribution is 0.254. The molecule has 0 N–H and O–H groups in total. The Kier molecular flexibility index (Phi) is 4.84. The molecule has 36 heavy (non-hydrogen) atoms. The van der Waals surface area contributed by atoms with Crippen molar-refractivity contribution in [1.82, 2.24) is 28.5 Å². The van der Waals surface area contributed by atoms with E-state index in [2.05, 4.69) is 36.5 Å². The summed E-state index contributed by atoms with van der Waals surface area (Å²) in [6, 6.07) is 7.62. The number of rotatable bonds is 4. The quantitative estimate of drug-likeness (QED) is 0.345. The smallest absolute Gasteiger partial charge is 0.296 e. The minimum absolute atomic E-state index is 0.0575. The van der Waals surface area contributed by atoms with E-state index >= 15 is 4.39 Å². The van der Waals surface area contributed by atoms with Gasteiger partial charge in [-0.1, -0.05) is 27.2 Å². The maximum atomic E-state index is 15.6. The highest BCUT2D eigenvalue weighted by Crippen LogP contribution is 2.45. The van der Waals surface area contributed by atoms with Gasteiger partial charge in [0, 0.05) is 55.6 Å². The number of aryl methyl sites for hydroxylation is 3. The molecule has 8 heteroatoms. The first kappa shape index (κ1) is 22.8. The zero-order valence-electron chi connectivity index (χ0n) is 21.6. The summed E-state index contributed by atoms with van der Waals surface area (Å²) in [7, 11) is 5.45. The topological polar surface area (TPSA) is 62.6 Å². The maximum Gasteiger partial charge on any atom is 0.328 e. The molecule has 0 bridgehead atoms. The van der Waals surface area contributed by atoms with Crippen LogP contribution in [0.1, 0.15) is 57.3 Å². The lowest BCUT2D eigenvalue weighted by atomic mass is 9.70. The number of halogens is 1. The van der Waals surface area contributed by atoms with Crippen LogP contribution in [0, 0.1) is 5.82 Å². The molecule has 0 radical (unpaired) electrons. The van der Waals surface area contributed by atoms with E-state index in [9.17, 15) is 4.79 Å². The van der Waals surface area contributed by atoms with Crippen molar-refractivity contribution in [2.75, 3.05) is 0 Å². The molecule has 6 rings (SSSR count). The third-order valence-corrected chi connectivity index (χ3v) is 8.01. The fraction of sp³-hybridized carbons (Fsp3) is 0.393. The third kappa shape index (κ3) is 3.13. The van der Waals surface area contributed by atoms with Crippen molar-refractivity contribution in [2.24, 2.45) is 21.1 Å².